The number of anilines is 1. The highest BCUT2D eigenvalue weighted by molar-refractivity contribution is 6.01. The van der Waals surface area contributed by atoms with Crippen LogP contribution in [0.5, 0.6) is 5.75 Å². The lowest BCUT2D eigenvalue weighted by Crippen LogP contribution is -2.64. The molecule has 1 aromatic heterocycles. The molecular weight excluding hydrogens is 446 g/mol. The highest BCUT2D eigenvalue weighted by atomic mass is 16.5. The lowest BCUT2D eigenvalue weighted by molar-refractivity contribution is -0.175. The molecule has 2 amide bonds. The summed E-state index contributed by atoms with van der Waals surface area (Å²) in [6.45, 7) is 2.27. The van der Waals surface area contributed by atoms with E-state index < -0.39 is 17.6 Å². The molecule has 3 heterocycles. The van der Waals surface area contributed by atoms with E-state index in [2.05, 4.69) is 10.1 Å². The number of hydrogen-bond donors (Lipinski definition) is 1. The number of likely N-dealkylation sites (tertiary alicyclic amines) is 1. The van der Waals surface area contributed by atoms with Gasteiger partial charge in [-0.15, -0.1) is 0 Å². The second kappa shape index (κ2) is 8.72. The van der Waals surface area contributed by atoms with Crippen molar-refractivity contribution in [2.75, 3.05) is 25.5 Å². The van der Waals surface area contributed by atoms with Crippen molar-refractivity contribution >= 4 is 17.5 Å². The normalized spacial score (nSPS) is 22.9. The molecule has 182 valence electrons. The van der Waals surface area contributed by atoms with Gasteiger partial charge in [-0.2, -0.15) is 4.98 Å². The summed E-state index contributed by atoms with van der Waals surface area (Å²) in [7, 11) is 3.97. The molecule has 2 aliphatic rings. The molecule has 3 aromatic rings. The zero-order valence-corrected chi connectivity index (χ0v) is 20.1. The number of carbonyl (C=O) groups excluding carboxylic acids is 2. The number of amides is 2. The Morgan fingerprint density at radius 2 is 1.94 bits per heavy atom. The summed E-state index contributed by atoms with van der Waals surface area (Å²) in [4.78, 5) is 33.9. The van der Waals surface area contributed by atoms with Gasteiger partial charge in [0.25, 0.3) is 0 Å². The summed E-state index contributed by atoms with van der Waals surface area (Å²) in [5.74, 6) is -0.391. The number of aromatic nitrogens is 2. The Bertz CT molecular complexity index is 1250. The van der Waals surface area contributed by atoms with Crippen molar-refractivity contribution in [3.63, 3.8) is 0 Å². The van der Waals surface area contributed by atoms with Crippen LogP contribution in [0.2, 0.25) is 0 Å². The highest BCUT2D eigenvalue weighted by Crippen LogP contribution is 2.50. The van der Waals surface area contributed by atoms with Gasteiger partial charge in [0.15, 0.2) is 5.72 Å². The van der Waals surface area contributed by atoms with Gasteiger partial charge < -0.3 is 24.8 Å². The van der Waals surface area contributed by atoms with Gasteiger partial charge in [-0.25, -0.2) is 0 Å². The second-order valence-electron chi connectivity index (χ2n) is 9.55. The van der Waals surface area contributed by atoms with Crippen LogP contribution in [0.15, 0.2) is 53.1 Å². The summed E-state index contributed by atoms with van der Waals surface area (Å²) < 4.78 is 11.7. The van der Waals surface area contributed by atoms with Crippen LogP contribution in [-0.2, 0) is 16.0 Å². The summed E-state index contributed by atoms with van der Waals surface area (Å²) in [5, 5.41) is 4.10. The van der Waals surface area contributed by atoms with Gasteiger partial charge in [0.1, 0.15) is 11.7 Å². The molecule has 5 rings (SSSR count). The Labute approximate surface area is 203 Å². The lowest BCUT2D eigenvalue weighted by Gasteiger charge is -2.52. The molecule has 0 unspecified atom stereocenters. The van der Waals surface area contributed by atoms with E-state index in [-0.39, 0.29) is 11.8 Å². The third-order valence-corrected chi connectivity index (χ3v) is 6.94. The number of fused-ring (bicyclic) bond motifs is 4. The quantitative estimate of drug-likeness (QED) is 0.523. The monoisotopic (exact) mass is 475 g/mol. The summed E-state index contributed by atoms with van der Waals surface area (Å²) >= 11 is 0. The number of nitrogens with zero attached hydrogens (tertiary/aromatic N) is 4. The molecule has 1 saturated heterocycles. The van der Waals surface area contributed by atoms with E-state index in [4.69, 9.17) is 15.0 Å². The van der Waals surface area contributed by atoms with E-state index in [9.17, 15) is 9.59 Å². The number of aryl methyl sites for hydroxylation is 1. The SMILES string of the molecule is CN(C)c1ccc(-c2noc(CCCN3C(=O)[C@@H](C(N)=O)[C@H]4C[C@@]3(C)Oc3ccccc34)n2)cc1. The second-order valence-corrected chi connectivity index (χ2v) is 9.55. The molecule has 0 aliphatic carbocycles. The van der Waals surface area contributed by atoms with Crippen LogP contribution in [-0.4, -0.2) is 53.2 Å². The highest BCUT2D eigenvalue weighted by Gasteiger charge is 2.55. The number of hydrogen-bond acceptors (Lipinski definition) is 7. The predicted octanol–water partition coefficient (Wildman–Crippen LogP) is 2.96. The maximum atomic E-state index is 13.4. The maximum absolute atomic E-state index is 13.4. The molecule has 9 heteroatoms. The molecule has 35 heavy (non-hydrogen) atoms. The third kappa shape index (κ3) is 4.11. The van der Waals surface area contributed by atoms with Crippen LogP contribution in [0.25, 0.3) is 11.4 Å². The van der Waals surface area contributed by atoms with Crippen LogP contribution < -0.4 is 15.4 Å². The van der Waals surface area contributed by atoms with Crippen LogP contribution in [0, 0.1) is 5.92 Å². The van der Waals surface area contributed by atoms with E-state index in [0.717, 1.165) is 16.8 Å². The van der Waals surface area contributed by atoms with Crippen molar-refractivity contribution in [3.05, 3.63) is 60.0 Å². The number of ether oxygens (including phenoxy) is 1. The molecule has 2 N–H and O–H groups in total. The Hall–Kier alpha value is -3.88. The number of para-hydroxylation sites is 1. The molecule has 0 saturated carbocycles. The Morgan fingerprint density at radius 3 is 2.66 bits per heavy atom. The third-order valence-electron chi connectivity index (χ3n) is 6.94. The zero-order valence-electron chi connectivity index (χ0n) is 20.1. The number of primary amides is 1. The standard InChI is InChI=1S/C26H29N5O4/c1-26-15-19(18-7-4-5-8-20(18)34-26)22(23(27)32)25(33)31(26)14-6-9-21-28-24(29-35-21)16-10-12-17(13-11-16)30(2)3/h4-5,7-8,10-13,19,22H,6,9,14-15H2,1-3H3,(H2,27,32)/t19-,22+,26+/m0/s1. The van der Waals surface area contributed by atoms with Crippen LogP contribution >= 0.6 is 0 Å². The minimum absolute atomic E-state index is 0.288. The number of rotatable bonds is 7. The molecule has 2 aromatic carbocycles. The molecule has 2 bridgehead atoms. The number of nitrogens with two attached hydrogens (primary N) is 1. The molecule has 0 radical (unpaired) electrons. The van der Waals surface area contributed by atoms with Gasteiger partial charge in [-0.05, 0) is 49.2 Å². The number of carbonyl (C=O) groups is 2. The van der Waals surface area contributed by atoms with Gasteiger partial charge >= 0.3 is 0 Å². The zero-order chi connectivity index (χ0) is 24.7. The molecule has 1 fully saturated rings. The van der Waals surface area contributed by atoms with E-state index in [1.807, 2.05) is 74.4 Å². The Balaban J connectivity index is 1.29. The van der Waals surface area contributed by atoms with Gasteiger partial charge in [0, 0.05) is 50.7 Å². The van der Waals surface area contributed by atoms with Crippen molar-refractivity contribution in [2.24, 2.45) is 11.7 Å². The largest absolute Gasteiger partial charge is 0.468 e. The Kier molecular flexibility index (Phi) is 5.70. The first-order valence-corrected chi connectivity index (χ1v) is 11.8. The number of benzene rings is 2. The fourth-order valence-corrected chi connectivity index (χ4v) is 5.15. The van der Waals surface area contributed by atoms with Crippen molar-refractivity contribution in [2.45, 2.75) is 37.8 Å². The summed E-state index contributed by atoms with van der Waals surface area (Å²) in [6.07, 6.45) is 1.57. The maximum Gasteiger partial charge on any atom is 0.238 e. The van der Waals surface area contributed by atoms with Crippen molar-refractivity contribution < 1.29 is 18.8 Å². The first-order valence-electron chi connectivity index (χ1n) is 11.8. The summed E-state index contributed by atoms with van der Waals surface area (Å²) in [6, 6.07) is 15.4. The first-order chi connectivity index (χ1) is 16.8. The van der Waals surface area contributed by atoms with E-state index >= 15 is 0 Å². The molecular formula is C26H29N5O4. The average Bonchev–Trinajstić information content (AvgIpc) is 3.30. The predicted molar refractivity (Wildman–Crippen MR) is 130 cm³/mol. The number of piperidine rings is 1. The molecule has 3 atom stereocenters. The van der Waals surface area contributed by atoms with E-state index in [1.165, 1.54) is 0 Å². The van der Waals surface area contributed by atoms with Crippen LogP contribution in [0.3, 0.4) is 0 Å². The molecule has 9 nitrogen and oxygen atoms in total. The van der Waals surface area contributed by atoms with Crippen LogP contribution in [0.1, 0.15) is 37.1 Å². The van der Waals surface area contributed by atoms with Crippen molar-refractivity contribution in [1.29, 1.82) is 0 Å². The smallest absolute Gasteiger partial charge is 0.238 e. The molecule has 0 spiro atoms. The van der Waals surface area contributed by atoms with Crippen molar-refractivity contribution in [1.82, 2.24) is 15.0 Å². The first kappa shape index (κ1) is 22.9. The van der Waals surface area contributed by atoms with E-state index in [0.29, 0.717) is 43.3 Å². The van der Waals surface area contributed by atoms with Crippen LogP contribution in [0.4, 0.5) is 5.69 Å². The Morgan fingerprint density at radius 1 is 1.20 bits per heavy atom. The lowest BCUT2D eigenvalue weighted by atomic mass is 9.73. The van der Waals surface area contributed by atoms with Gasteiger partial charge in [-0.1, -0.05) is 23.4 Å². The minimum Gasteiger partial charge on any atom is -0.468 e. The topological polar surface area (TPSA) is 115 Å². The minimum atomic E-state index is -0.909. The molecule has 2 aliphatic heterocycles. The van der Waals surface area contributed by atoms with Gasteiger partial charge in [-0.3, -0.25) is 9.59 Å². The fourth-order valence-electron chi connectivity index (χ4n) is 5.15. The summed E-state index contributed by atoms with van der Waals surface area (Å²) in [5.41, 5.74) is 7.66. The van der Waals surface area contributed by atoms with Gasteiger partial charge in [0.05, 0.1) is 0 Å². The van der Waals surface area contributed by atoms with Gasteiger partial charge in [0.2, 0.25) is 23.5 Å². The van der Waals surface area contributed by atoms with Crippen molar-refractivity contribution in [3.8, 4) is 17.1 Å². The average molecular weight is 476 g/mol. The van der Waals surface area contributed by atoms with E-state index in [1.54, 1.807) is 4.90 Å². The fraction of sp³-hybridized carbons (Fsp3) is 0.385.